The lowest BCUT2D eigenvalue weighted by atomic mass is 9.99. The van der Waals surface area contributed by atoms with Crippen molar-refractivity contribution >= 4 is 23.6 Å². The van der Waals surface area contributed by atoms with Gasteiger partial charge in [-0.05, 0) is 64.9 Å². The lowest BCUT2D eigenvalue weighted by Gasteiger charge is -2.36. The van der Waals surface area contributed by atoms with Crippen LogP contribution in [0.5, 0.6) is 0 Å². The van der Waals surface area contributed by atoms with Crippen molar-refractivity contribution in [3.05, 3.63) is 119 Å². The molecule has 4 atom stereocenters. The van der Waals surface area contributed by atoms with E-state index in [1.54, 1.807) is 18.0 Å². The lowest BCUT2D eigenvalue weighted by Crippen LogP contribution is -2.50. The first-order valence-electron chi connectivity index (χ1n) is 16.1. The second-order valence-corrected chi connectivity index (χ2v) is 13.1. The molecule has 0 spiro atoms. The quantitative estimate of drug-likeness (QED) is 0.178. The molecule has 49 heavy (non-hydrogen) atoms. The van der Waals surface area contributed by atoms with Crippen LogP contribution in [-0.4, -0.2) is 57.4 Å². The molecule has 4 aromatic rings. The third-order valence-electron chi connectivity index (χ3n) is 8.61. The van der Waals surface area contributed by atoms with Gasteiger partial charge in [-0.25, -0.2) is 4.98 Å². The highest BCUT2D eigenvalue weighted by Gasteiger charge is 2.47. The number of ether oxygens (including phenoxy) is 2. The van der Waals surface area contributed by atoms with E-state index in [9.17, 15) is 27.9 Å². The van der Waals surface area contributed by atoms with Gasteiger partial charge in [0.2, 0.25) is 5.91 Å². The predicted octanol–water partition coefficient (Wildman–Crippen LogP) is 6.75. The van der Waals surface area contributed by atoms with Crippen LogP contribution in [0.1, 0.15) is 53.9 Å². The minimum atomic E-state index is -5.02. The first kappa shape index (κ1) is 34.6. The highest BCUT2D eigenvalue weighted by atomic mass is 32.2. The van der Waals surface area contributed by atoms with Gasteiger partial charge in [-0.15, -0.1) is 11.8 Å². The number of nitrogens with one attached hydrogen (secondary N) is 1. The fourth-order valence-corrected chi connectivity index (χ4v) is 6.99. The molecule has 12 heteroatoms. The minimum Gasteiger partial charge on any atom is -0.392 e. The molecule has 2 aliphatic rings. The molecule has 256 valence electrons. The molecule has 2 amide bonds. The number of thioether (sulfide) groups is 1. The van der Waals surface area contributed by atoms with Crippen LogP contribution < -0.4 is 5.32 Å². The van der Waals surface area contributed by atoms with E-state index in [1.165, 1.54) is 0 Å². The summed E-state index contributed by atoms with van der Waals surface area (Å²) in [5.41, 5.74) is 5.17. The number of halogens is 3. The molecule has 3 aromatic carbocycles. The largest absolute Gasteiger partial charge is 0.471 e. The second-order valence-electron chi connectivity index (χ2n) is 12.0. The Kier molecular flexibility index (Phi) is 11.0. The fraction of sp³-hybridized carbons (Fsp3) is 0.324. The van der Waals surface area contributed by atoms with E-state index in [2.05, 4.69) is 10.3 Å². The van der Waals surface area contributed by atoms with Crippen LogP contribution >= 0.6 is 11.8 Å². The van der Waals surface area contributed by atoms with Crippen molar-refractivity contribution in [1.29, 1.82) is 0 Å². The number of hydrogen-bond donors (Lipinski definition) is 2. The normalized spacial score (nSPS) is 21.0. The molecular weight excluding hydrogens is 655 g/mol. The molecule has 2 N–H and O–H groups in total. The zero-order chi connectivity index (χ0) is 34.4. The number of benzene rings is 3. The molecule has 0 saturated carbocycles. The molecule has 2 fully saturated rings. The zero-order valence-corrected chi connectivity index (χ0v) is 27.3. The van der Waals surface area contributed by atoms with Crippen molar-refractivity contribution in [2.24, 2.45) is 0 Å². The van der Waals surface area contributed by atoms with Gasteiger partial charge in [-0.2, -0.15) is 13.2 Å². The maximum absolute atomic E-state index is 13.0. The number of aliphatic hydroxyl groups is 1. The van der Waals surface area contributed by atoms with Gasteiger partial charge in [0.05, 0.1) is 23.8 Å². The molecule has 3 heterocycles. The SMILES string of the molecule is O=C(NCc1cccc(-c2cccc([C@@H]3O[C@H](CSc4ccccn4)C[C@H](c4ccc(CO)cc4)O3)c2)c1)[C@@H]1CCCN1C(=O)C(F)(F)F. The molecule has 0 unspecified atom stereocenters. The van der Waals surface area contributed by atoms with E-state index < -0.39 is 30.3 Å². The summed E-state index contributed by atoms with van der Waals surface area (Å²) in [6.07, 6.45) is -3.12. The highest BCUT2D eigenvalue weighted by molar-refractivity contribution is 7.99. The van der Waals surface area contributed by atoms with Gasteiger partial charge in [0.1, 0.15) is 6.04 Å². The first-order chi connectivity index (χ1) is 23.7. The van der Waals surface area contributed by atoms with Crippen LogP contribution in [0.3, 0.4) is 0 Å². The zero-order valence-electron chi connectivity index (χ0n) is 26.5. The maximum atomic E-state index is 13.0. The Morgan fingerprint density at radius 2 is 1.69 bits per heavy atom. The van der Waals surface area contributed by atoms with Crippen LogP contribution in [-0.2, 0) is 32.2 Å². The van der Waals surface area contributed by atoms with Crippen molar-refractivity contribution in [3.8, 4) is 11.1 Å². The molecular formula is C37H36F3N3O5S. The Balaban J connectivity index is 1.16. The van der Waals surface area contributed by atoms with E-state index in [0.29, 0.717) is 23.5 Å². The third-order valence-corrected chi connectivity index (χ3v) is 9.69. The van der Waals surface area contributed by atoms with Crippen LogP contribution in [0, 0.1) is 0 Å². The molecule has 2 saturated heterocycles. The topological polar surface area (TPSA) is 101 Å². The lowest BCUT2D eigenvalue weighted by molar-refractivity contribution is -0.245. The van der Waals surface area contributed by atoms with Gasteiger partial charge in [0.15, 0.2) is 6.29 Å². The summed E-state index contributed by atoms with van der Waals surface area (Å²) in [6, 6.07) is 27.7. The average Bonchev–Trinajstić information content (AvgIpc) is 3.63. The van der Waals surface area contributed by atoms with Crippen LogP contribution in [0.4, 0.5) is 13.2 Å². The second kappa shape index (κ2) is 15.5. The number of rotatable bonds is 10. The van der Waals surface area contributed by atoms with Crippen molar-refractivity contribution in [3.63, 3.8) is 0 Å². The Morgan fingerprint density at radius 3 is 2.43 bits per heavy atom. The Hall–Kier alpha value is -4.23. The Bertz CT molecular complexity index is 1740. The number of carbonyl (C=O) groups excluding carboxylic acids is 2. The number of aromatic nitrogens is 1. The van der Waals surface area contributed by atoms with Crippen molar-refractivity contribution in [2.75, 3.05) is 12.3 Å². The van der Waals surface area contributed by atoms with Crippen molar-refractivity contribution < 1.29 is 37.3 Å². The third kappa shape index (κ3) is 8.69. The minimum absolute atomic E-state index is 0.0384. The van der Waals surface area contributed by atoms with Gasteiger partial charge in [0.25, 0.3) is 0 Å². The fourth-order valence-electron chi connectivity index (χ4n) is 6.11. The number of nitrogens with zero attached hydrogens (tertiary/aromatic N) is 2. The summed E-state index contributed by atoms with van der Waals surface area (Å²) < 4.78 is 52.1. The summed E-state index contributed by atoms with van der Waals surface area (Å²) in [4.78, 5) is 29.7. The molecule has 0 aliphatic carbocycles. The number of alkyl halides is 3. The summed E-state index contributed by atoms with van der Waals surface area (Å²) in [6.45, 7) is -0.0430. The van der Waals surface area contributed by atoms with Crippen molar-refractivity contribution in [1.82, 2.24) is 15.2 Å². The number of hydrogen-bond acceptors (Lipinski definition) is 7. The monoisotopic (exact) mass is 691 g/mol. The van der Waals surface area contributed by atoms with E-state index in [0.717, 1.165) is 38.4 Å². The van der Waals surface area contributed by atoms with E-state index >= 15 is 0 Å². The van der Waals surface area contributed by atoms with Crippen LogP contribution in [0.25, 0.3) is 11.1 Å². The van der Waals surface area contributed by atoms with Gasteiger partial charge < -0.3 is 24.8 Å². The molecule has 0 radical (unpaired) electrons. The number of amides is 2. The number of pyridine rings is 1. The standard InChI is InChI=1S/C37H36F3N3O5S/c38-37(39,40)36(46)43-17-5-10-31(43)34(45)42-21-25-6-3-7-27(18-25)28-8-4-9-29(19-28)35-47-30(23-49-33-11-1-2-16-41-33)20-32(48-35)26-14-12-24(22-44)13-15-26/h1-4,6-9,11-16,18-19,30-32,35,44H,5,10,17,20-23H2,(H,42,45)/t30-,31-,32+,35+/m0/s1. The summed E-state index contributed by atoms with van der Waals surface area (Å²) in [7, 11) is 0. The molecule has 0 bridgehead atoms. The van der Waals surface area contributed by atoms with Gasteiger partial charge >= 0.3 is 12.1 Å². The average molecular weight is 692 g/mol. The summed E-state index contributed by atoms with van der Waals surface area (Å²) in [5.74, 6) is -1.91. The number of aliphatic hydroxyl groups excluding tert-OH is 1. The molecule has 1 aromatic heterocycles. The predicted molar refractivity (Wildman–Crippen MR) is 178 cm³/mol. The van der Waals surface area contributed by atoms with Gasteiger partial charge in [0, 0.05) is 37.0 Å². The van der Waals surface area contributed by atoms with E-state index in [4.69, 9.17) is 9.47 Å². The molecule has 6 rings (SSSR count). The van der Waals surface area contributed by atoms with Crippen LogP contribution in [0.15, 0.2) is 102 Å². The molecule has 2 aliphatic heterocycles. The Morgan fingerprint density at radius 1 is 0.918 bits per heavy atom. The first-order valence-corrected chi connectivity index (χ1v) is 17.1. The van der Waals surface area contributed by atoms with E-state index in [1.807, 2.05) is 91.0 Å². The maximum Gasteiger partial charge on any atom is 0.471 e. The van der Waals surface area contributed by atoms with E-state index in [-0.39, 0.29) is 38.3 Å². The highest BCUT2D eigenvalue weighted by Crippen LogP contribution is 2.40. The number of likely N-dealkylation sites (tertiary alicyclic amines) is 1. The summed E-state index contributed by atoms with van der Waals surface area (Å²) >= 11 is 1.62. The smallest absolute Gasteiger partial charge is 0.392 e. The molecule has 8 nitrogen and oxygen atoms in total. The summed E-state index contributed by atoms with van der Waals surface area (Å²) in [5, 5.41) is 13.1. The van der Waals surface area contributed by atoms with Crippen LogP contribution in [0.2, 0.25) is 0 Å². The van der Waals surface area contributed by atoms with Gasteiger partial charge in [-0.3, -0.25) is 9.59 Å². The Labute approximate surface area is 286 Å². The number of carbonyl (C=O) groups is 2. The van der Waals surface area contributed by atoms with Crippen molar-refractivity contribution in [2.45, 2.75) is 68.2 Å². The van der Waals surface area contributed by atoms with Gasteiger partial charge in [-0.1, -0.05) is 66.7 Å².